The van der Waals surface area contributed by atoms with Crippen molar-refractivity contribution in [3.63, 3.8) is 0 Å². The van der Waals surface area contributed by atoms with Crippen LogP contribution in [0.2, 0.25) is 0 Å². The highest BCUT2D eigenvalue weighted by Gasteiger charge is 2.58. The fourth-order valence-corrected chi connectivity index (χ4v) is 9.13. The van der Waals surface area contributed by atoms with Crippen LogP contribution >= 0.6 is 95.6 Å². The quantitative estimate of drug-likeness (QED) is 0.178. The number of hydrogen-bond donors (Lipinski definition) is 0. The van der Waals surface area contributed by atoms with Crippen LogP contribution in [-0.2, 0) is 10.8 Å². The standard InChI is InChI=1S/C32H32Br6/c1-3-5-7-9-11-31-19-13-25(33)28(36)16-22(19)32(12-10-8-6-4-2,23-17-29(37)26(34)14-20(23)31)24-18-30(38)27(35)15-21(24)31/h13-18H,3-12H2,1-2H3. The molecule has 0 nitrogen and oxygen atoms in total. The maximum absolute atomic E-state index is 3.91. The molecule has 0 spiro atoms. The number of unbranched alkanes of at least 4 members (excludes halogenated alkanes) is 6. The normalized spacial score (nSPS) is 20.8. The summed E-state index contributed by atoms with van der Waals surface area (Å²) in [6, 6.07) is 14.6. The second kappa shape index (κ2) is 12.0. The van der Waals surface area contributed by atoms with Crippen molar-refractivity contribution in [1.29, 1.82) is 0 Å². The van der Waals surface area contributed by atoms with Crippen molar-refractivity contribution in [2.45, 2.75) is 88.9 Å². The first-order valence-electron chi connectivity index (χ1n) is 13.7. The second-order valence-corrected chi connectivity index (χ2v) is 16.0. The molecule has 0 amide bonds. The van der Waals surface area contributed by atoms with Gasteiger partial charge in [-0.1, -0.05) is 65.2 Å². The minimum atomic E-state index is -0.200. The molecule has 3 aromatic rings. The summed E-state index contributed by atoms with van der Waals surface area (Å²) in [5.74, 6) is 0. The van der Waals surface area contributed by atoms with Crippen LogP contribution < -0.4 is 0 Å². The summed E-state index contributed by atoms with van der Waals surface area (Å²) in [6.07, 6.45) is 12.2. The highest BCUT2D eigenvalue weighted by Crippen LogP contribution is 2.67. The Morgan fingerprint density at radius 3 is 0.842 bits per heavy atom. The highest BCUT2D eigenvalue weighted by molar-refractivity contribution is 9.13. The van der Waals surface area contributed by atoms with Crippen LogP contribution in [0.1, 0.15) is 111 Å². The molecule has 2 bridgehead atoms. The van der Waals surface area contributed by atoms with Gasteiger partial charge in [-0.15, -0.1) is 0 Å². The number of halogens is 6. The third kappa shape index (κ3) is 4.75. The predicted octanol–water partition coefficient (Wildman–Crippen LogP) is 13.5. The smallest absolute Gasteiger partial charge is 0.0462 e. The van der Waals surface area contributed by atoms with E-state index in [2.05, 4.69) is 146 Å². The van der Waals surface area contributed by atoms with E-state index in [1.54, 1.807) is 0 Å². The maximum atomic E-state index is 3.91. The molecule has 0 aliphatic heterocycles. The van der Waals surface area contributed by atoms with Gasteiger partial charge in [0.15, 0.2) is 0 Å². The molecule has 3 aliphatic rings. The molecule has 0 aromatic heterocycles. The Labute approximate surface area is 278 Å². The summed E-state index contributed by atoms with van der Waals surface area (Å²) in [6.45, 7) is 4.59. The van der Waals surface area contributed by atoms with Gasteiger partial charge in [-0.2, -0.15) is 0 Å². The lowest BCUT2D eigenvalue weighted by molar-refractivity contribution is 0.395. The zero-order valence-electron chi connectivity index (χ0n) is 21.8. The molecule has 0 saturated heterocycles. The molecule has 0 N–H and O–H groups in total. The largest absolute Gasteiger partial charge is 0.0654 e. The van der Waals surface area contributed by atoms with Crippen LogP contribution in [0.4, 0.5) is 0 Å². The van der Waals surface area contributed by atoms with E-state index in [-0.39, 0.29) is 10.8 Å². The molecule has 6 heteroatoms. The Bertz CT molecular complexity index is 1130. The summed E-state index contributed by atoms with van der Waals surface area (Å²) in [5, 5.41) is 0. The average Bonchev–Trinajstić information content (AvgIpc) is 2.88. The monoisotopic (exact) mass is 890 g/mol. The molecular weight excluding hydrogens is 864 g/mol. The van der Waals surface area contributed by atoms with E-state index in [0.717, 1.165) is 39.7 Å². The van der Waals surface area contributed by atoms with Gasteiger partial charge < -0.3 is 0 Å². The zero-order valence-corrected chi connectivity index (χ0v) is 31.3. The van der Waals surface area contributed by atoms with E-state index < -0.39 is 0 Å². The fraction of sp³-hybridized carbons (Fsp3) is 0.438. The van der Waals surface area contributed by atoms with Crippen molar-refractivity contribution < 1.29 is 0 Å². The van der Waals surface area contributed by atoms with Crippen LogP contribution in [-0.4, -0.2) is 0 Å². The topological polar surface area (TPSA) is 0 Å². The average molecular weight is 896 g/mol. The molecule has 38 heavy (non-hydrogen) atoms. The third-order valence-corrected chi connectivity index (χ3v) is 14.3. The van der Waals surface area contributed by atoms with Crippen molar-refractivity contribution in [3.05, 3.63) is 96.6 Å². The minimum Gasteiger partial charge on any atom is -0.0654 e. The Balaban J connectivity index is 1.89. The lowest BCUT2D eigenvalue weighted by Crippen LogP contribution is -2.51. The van der Waals surface area contributed by atoms with Gasteiger partial charge in [-0.25, -0.2) is 0 Å². The number of hydrogen-bond acceptors (Lipinski definition) is 0. The number of rotatable bonds is 10. The molecule has 0 heterocycles. The van der Waals surface area contributed by atoms with E-state index in [9.17, 15) is 0 Å². The summed E-state index contributed by atoms with van der Waals surface area (Å²) in [5.41, 5.74) is 8.45. The lowest BCUT2D eigenvalue weighted by Gasteiger charge is -2.57. The molecule has 202 valence electrons. The van der Waals surface area contributed by atoms with Crippen LogP contribution in [0.15, 0.2) is 63.2 Å². The molecule has 6 rings (SSSR count). The van der Waals surface area contributed by atoms with Crippen LogP contribution in [0.25, 0.3) is 0 Å². The fourth-order valence-electron chi connectivity index (χ4n) is 7.07. The van der Waals surface area contributed by atoms with Crippen molar-refractivity contribution in [3.8, 4) is 0 Å². The predicted molar refractivity (Wildman–Crippen MR) is 183 cm³/mol. The Hall–Kier alpha value is 0.540. The first kappa shape index (κ1) is 30.0. The molecule has 0 fully saturated rings. The maximum Gasteiger partial charge on any atom is 0.0462 e. The van der Waals surface area contributed by atoms with Crippen LogP contribution in [0.3, 0.4) is 0 Å². The minimum absolute atomic E-state index is 0.200. The number of benzene rings is 3. The van der Waals surface area contributed by atoms with Gasteiger partial charge in [-0.3, -0.25) is 0 Å². The SMILES string of the molecule is CCCCCCC12c3cc(Br)c(Br)cc3C(CCCCCC)(c3cc(Br)c(Br)cc31)c1cc(Br)c(Br)cc12. The highest BCUT2D eigenvalue weighted by atomic mass is 79.9. The summed E-state index contributed by atoms with van der Waals surface area (Å²) < 4.78 is 6.80. The Morgan fingerprint density at radius 1 is 0.395 bits per heavy atom. The van der Waals surface area contributed by atoms with Crippen molar-refractivity contribution in [2.24, 2.45) is 0 Å². The molecule has 0 saturated carbocycles. The first-order chi connectivity index (χ1) is 18.2. The van der Waals surface area contributed by atoms with Gasteiger partial charge in [0, 0.05) is 37.7 Å². The van der Waals surface area contributed by atoms with Gasteiger partial charge >= 0.3 is 0 Å². The summed E-state index contributed by atoms with van der Waals surface area (Å²) in [7, 11) is 0. The van der Waals surface area contributed by atoms with Gasteiger partial charge in [0.05, 0.1) is 0 Å². The molecule has 0 atom stereocenters. The van der Waals surface area contributed by atoms with Crippen molar-refractivity contribution in [1.82, 2.24) is 0 Å². The third-order valence-electron chi connectivity index (χ3n) is 8.75. The Kier molecular flexibility index (Phi) is 9.50. The second-order valence-electron chi connectivity index (χ2n) is 10.9. The molecule has 3 aliphatic carbocycles. The zero-order chi connectivity index (χ0) is 27.2. The van der Waals surface area contributed by atoms with Crippen LogP contribution in [0.5, 0.6) is 0 Å². The van der Waals surface area contributed by atoms with E-state index in [0.29, 0.717) is 0 Å². The van der Waals surface area contributed by atoms with Crippen molar-refractivity contribution >= 4 is 95.6 Å². The van der Waals surface area contributed by atoms with Gasteiger partial charge in [-0.05, 0) is 178 Å². The van der Waals surface area contributed by atoms with E-state index >= 15 is 0 Å². The molecule has 0 radical (unpaired) electrons. The van der Waals surface area contributed by atoms with Gasteiger partial charge in [0.2, 0.25) is 0 Å². The van der Waals surface area contributed by atoms with Crippen LogP contribution in [0, 0.1) is 0 Å². The van der Waals surface area contributed by atoms with E-state index in [4.69, 9.17) is 0 Å². The lowest BCUT2D eigenvalue weighted by atomic mass is 9.45. The first-order valence-corrected chi connectivity index (χ1v) is 18.5. The molecule has 3 aromatic carbocycles. The van der Waals surface area contributed by atoms with Crippen molar-refractivity contribution in [2.75, 3.05) is 0 Å². The summed E-state index contributed by atoms with van der Waals surface area (Å²) in [4.78, 5) is 0. The molecular formula is C32H32Br6. The molecule has 0 unspecified atom stereocenters. The Morgan fingerprint density at radius 2 is 0.632 bits per heavy atom. The summed E-state index contributed by atoms with van der Waals surface area (Å²) >= 11 is 23.4. The van der Waals surface area contributed by atoms with Gasteiger partial charge in [0.25, 0.3) is 0 Å². The van der Waals surface area contributed by atoms with Gasteiger partial charge in [0.1, 0.15) is 0 Å². The van der Waals surface area contributed by atoms with E-state index in [1.165, 1.54) is 84.7 Å². The van der Waals surface area contributed by atoms with E-state index in [1.807, 2.05) is 0 Å².